The highest BCUT2D eigenvalue weighted by Crippen LogP contribution is 2.20. The highest BCUT2D eigenvalue weighted by Gasteiger charge is 2.04. The van der Waals surface area contributed by atoms with Crippen molar-refractivity contribution >= 4 is 27.5 Å². The normalized spacial score (nSPS) is 12.5. The van der Waals surface area contributed by atoms with Gasteiger partial charge in [0.15, 0.2) is 0 Å². The van der Waals surface area contributed by atoms with Crippen molar-refractivity contribution in [2.45, 2.75) is 26.3 Å². The molecule has 0 aromatic rings. The third kappa shape index (κ3) is 8.46. The van der Waals surface area contributed by atoms with Crippen LogP contribution in [0.25, 0.3) is 0 Å². The Bertz CT molecular complexity index is 142. The molecule has 1 amide bonds. The van der Waals surface area contributed by atoms with Crippen LogP contribution in [0.2, 0.25) is 0 Å². The van der Waals surface area contributed by atoms with E-state index in [-0.39, 0.29) is 5.91 Å². The fourth-order valence-corrected chi connectivity index (χ4v) is 2.62. The molecule has 0 aromatic heterocycles. The van der Waals surface area contributed by atoms with Gasteiger partial charge in [-0.2, -0.15) is 0 Å². The van der Waals surface area contributed by atoms with Gasteiger partial charge < -0.3 is 11.1 Å². The van der Waals surface area contributed by atoms with Gasteiger partial charge in [0.1, 0.15) is 0 Å². The van der Waals surface area contributed by atoms with Crippen LogP contribution in [0.3, 0.4) is 0 Å². The molecule has 0 rings (SSSR count). The Hall–Kier alpha value is 0.130. The van der Waals surface area contributed by atoms with Crippen molar-refractivity contribution in [1.82, 2.24) is 5.32 Å². The lowest BCUT2D eigenvalue weighted by molar-refractivity contribution is -0.121. The number of carbonyl (C=O) groups is 1. The van der Waals surface area contributed by atoms with E-state index in [2.05, 4.69) is 12.2 Å². The van der Waals surface area contributed by atoms with Crippen molar-refractivity contribution in [2.75, 3.05) is 18.1 Å². The van der Waals surface area contributed by atoms with Crippen LogP contribution in [0.5, 0.6) is 0 Å². The number of rotatable bonds is 7. The third-order valence-corrected chi connectivity index (χ3v) is 3.88. The van der Waals surface area contributed by atoms with E-state index in [1.54, 1.807) is 17.7 Å². The van der Waals surface area contributed by atoms with Crippen molar-refractivity contribution in [3.8, 4) is 0 Å². The average molecular weight is 222 g/mol. The largest absolute Gasteiger partial charge is 0.354 e. The molecule has 0 fully saturated rings. The van der Waals surface area contributed by atoms with Crippen molar-refractivity contribution in [3.63, 3.8) is 0 Å². The molecule has 0 aromatic carbocycles. The second-order valence-electron chi connectivity index (χ2n) is 2.72. The number of amides is 1. The van der Waals surface area contributed by atoms with E-state index in [9.17, 15) is 4.79 Å². The van der Waals surface area contributed by atoms with Gasteiger partial charge in [0, 0.05) is 18.1 Å². The first-order valence-corrected chi connectivity index (χ1v) is 6.95. The lowest BCUT2D eigenvalue weighted by Gasteiger charge is -2.06. The van der Waals surface area contributed by atoms with E-state index in [0.717, 1.165) is 5.75 Å². The number of hydrogen-bond acceptors (Lipinski definition) is 4. The van der Waals surface area contributed by atoms with Gasteiger partial charge in [-0.25, -0.2) is 0 Å². The first kappa shape index (κ1) is 13.1. The zero-order chi connectivity index (χ0) is 10.1. The van der Waals surface area contributed by atoms with Crippen molar-refractivity contribution < 1.29 is 4.79 Å². The van der Waals surface area contributed by atoms with E-state index in [4.69, 9.17) is 5.73 Å². The summed E-state index contributed by atoms with van der Waals surface area (Å²) in [5.41, 5.74) is 5.37. The SMILES string of the molecule is CCCSSCCNC(=O)C(C)N. The smallest absolute Gasteiger partial charge is 0.236 e. The van der Waals surface area contributed by atoms with E-state index >= 15 is 0 Å². The van der Waals surface area contributed by atoms with Gasteiger partial charge in [-0.3, -0.25) is 4.79 Å². The van der Waals surface area contributed by atoms with Crippen LogP contribution >= 0.6 is 21.6 Å². The molecule has 0 aliphatic carbocycles. The molecule has 0 bridgehead atoms. The van der Waals surface area contributed by atoms with Crippen LogP contribution < -0.4 is 11.1 Å². The number of hydrogen-bond donors (Lipinski definition) is 2. The van der Waals surface area contributed by atoms with Crippen LogP contribution in [0, 0.1) is 0 Å². The fraction of sp³-hybridized carbons (Fsp3) is 0.875. The summed E-state index contributed by atoms with van der Waals surface area (Å²) in [5, 5.41) is 2.76. The summed E-state index contributed by atoms with van der Waals surface area (Å²) in [6.45, 7) is 4.56. The average Bonchev–Trinajstić information content (AvgIpc) is 2.10. The monoisotopic (exact) mass is 222 g/mol. The summed E-state index contributed by atoms with van der Waals surface area (Å²) >= 11 is 0. The van der Waals surface area contributed by atoms with E-state index < -0.39 is 6.04 Å². The molecule has 0 radical (unpaired) electrons. The van der Waals surface area contributed by atoms with Gasteiger partial charge in [0.2, 0.25) is 5.91 Å². The van der Waals surface area contributed by atoms with Crippen molar-refractivity contribution in [2.24, 2.45) is 5.73 Å². The van der Waals surface area contributed by atoms with Crippen LogP contribution in [-0.2, 0) is 4.79 Å². The minimum Gasteiger partial charge on any atom is -0.354 e. The molecule has 0 heterocycles. The van der Waals surface area contributed by atoms with Crippen LogP contribution in [-0.4, -0.2) is 30.0 Å². The van der Waals surface area contributed by atoms with Gasteiger partial charge in [0.05, 0.1) is 6.04 Å². The van der Waals surface area contributed by atoms with Crippen molar-refractivity contribution in [1.29, 1.82) is 0 Å². The Morgan fingerprint density at radius 3 is 2.62 bits per heavy atom. The van der Waals surface area contributed by atoms with E-state index in [0.29, 0.717) is 6.54 Å². The van der Waals surface area contributed by atoms with Gasteiger partial charge >= 0.3 is 0 Å². The van der Waals surface area contributed by atoms with Crippen LogP contribution in [0.4, 0.5) is 0 Å². The number of carbonyl (C=O) groups excluding carboxylic acids is 1. The molecular formula is C8H18N2OS2. The molecule has 0 saturated carbocycles. The molecule has 0 saturated heterocycles. The topological polar surface area (TPSA) is 55.1 Å². The third-order valence-electron chi connectivity index (χ3n) is 1.27. The minimum absolute atomic E-state index is 0.0684. The standard InChI is InChI=1S/C8H18N2OS2/c1-3-5-12-13-6-4-10-8(11)7(2)9/h7H,3-6,9H2,1-2H3,(H,10,11). The summed E-state index contributed by atoms with van der Waals surface area (Å²) in [5.74, 6) is 2.05. The first-order chi connectivity index (χ1) is 6.18. The summed E-state index contributed by atoms with van der Waals surface area (Å²) in [6, 6.07) is -0.395. The molecular weight excluding hydrogens is 204 g/mol. The summed E-state index contributed by atoms with van der Waals surface area (Å²) in [4.78, 5) is 11.0. The molecule has 0 aliphatic rings. The fourth-order valence-electron chi connectivity index (χ4n) is 0.578. The molecule has 1 unspecified atom stereocenters. The van der Waals surface area contributed by atoms with Crippen molar-refractivity contribution in [3.05, 3.63) is 0 Å². The molecule has 3 nitrogen and oxygen atoms in total. The lowest BCUT2D eigenvalue weighted by atomic mass is 10.3. The molecule has 0 aliphatic heterocycles. The lowest BCUT2D eigenvalue weighted by Crippen LogP contribution is -2.39. The maximum atomic E-state index is 11.0. The predicted molar refractivity (Wildman–Crippen MR) is 61.9 cm³/mol. The quantitative estimate of drug-likeness (QED) is 0.503. The van der Waals surface area contributed by atoms with Gasteiger partial charge in [-0.15, -0.1) is 0 Å². The minimum atomic E-state index is -0.395. The Labute approximate surface area is 88.0 Å². The molecule has 5 heteroatoms. The Kier molecular flexibility index (Phi) is 8.80. The number of nitrogens with two attached hydrogens (primary N) is 1. The Morgan fingerprint density at radius 2 is 2.08 bits per heavy atom. The second-order valence-corrected chi connectivity index (χ2v) is 5.43. The van der Waals surface area contributed by atoms with Gasteiger partial charge in [-0.05, 0) is 13.3 Å². The highest BCUT2D eigenvalue weighted by atomic mass is 33.1. The maximum Gasteiger partial charge on any atom is 0.236 e. The summed E-state index contributed by atoms with van der Waals surface area (Å²) < 4.78 is 0. The Balaban J connectivity index is 3.12. The first-order valence-electron chi connectivity index (χ1n) is 4.46. The molecule has 78 valence electrons. The zero-order valence-corrected chi connectivity index (χ0v) is 9.84. The molecule has 3 N–H and O–H groups in total. The van der Waals surface area contributed by atoms with Crippen LogP contribution in [0.15, 0.2) is 0 Å². The predicted octanol–water partition coefficient (Wildman–Crippen LogP) is 1.24. The second kappa shape index (κ2) is 8.72. The van der Waals surface area contributed by atoms with Crippen LogP contribution in [0.1, 0.15) is 20.3 Å². The Morgan fingerprint density at radius 1 is 1.46 bits per heavy atom. The van der Waals surface area contributed by atoms with E-state index in [1.807, 2.05) is 10.8 Å². The molecule has 1 atom stereocenters. The zero-order valence-electron chi connectivity index (χ0n) is 8.21. The highest BCUT2D eigenvalue weighted by molar-refractivity contribution is 8.76. The van der Waals surface area contributed by atoms with E-state index in [1.165, 1.54) is 12.2 Å². The summed E-state index contributed by atoms with van der Waals surface area (Å²) in [6.07, 6.45) is 1.20. The summed E-state index contributed by atoms with van der Waals surface area (Å²) in [7, 11) is 3.64. The molecule has 0 spiro atoms. The van der Waals surface area contributed by atoms with Gasteiger partial charge in [-0.1, -0.05) is 28.5 Å². The van der Waals surface area contributed by atoms with Gasteiger partial charge in [0.25, 0.3) is 0 Å². The number of nitrogens with one attached hydrogen (secondary N) is 1. The maximum absolute atomic E-state index is 11.0. The molecule has 13 heavy (non-hydrogen) atoms.